The van der Waals surface area contributed by atoms with E-state index < -0.39 is 17.4 Å². The van der Waals surface area contributed by atoms with Crippen LogP contribution in [0.5, 0.6) is 0 Å². The standard InChI is InChI=1S/C19H25ClN2O5/c1-18(2,3)11-15(23)21-12-4-5-14(20)13(10-12)16(24)22-19(17(25)26)6-8-27-9-7-19/h4-5,10H,6-9,11H2,1-3H3,(H,21,23)(H,22,24)(H,25,26). The number of halogens is 1. The summed E-state index contributed by atoms with van der Waals surface area (Å²) in [5.74, 6) is -1.89. The lowest BCUT2D eigenvalue weighted by atomic mass is 9.89. The van der Waals surface area contributed by atoms with Crippen LogP contribution < -0.4 is 10.6 Å². The summed E-state index contributed by atoms with van der Waals surface area (Å²) in [7, 11) is 0. The Hall–Kier alpha value is -2.12. The highest BCUT2D eigenvalue weighted by Gasteiger charge is 2.42. The van der Waals surface area contributed by atoms with E-state index >= 15 is 0 Å². The van der Waals surface area contributed by atoms with Crippen molar-refractivity contribution in [3.8, 4) is 0 Å². The molecule has 1 heterocycles. The Kier molecular flexibility index (Phi) is 6.49. The lowest BCUT2D eigenvalue weighted by Crippen LogP contribution is -2.57. The predicted molar refractivity (Wildman–Crippen MR) is 102 cm³/mol. The first-order chi connectivity index (χ1) is 12.5. The second-order valence-electron chi connectivity index (χ2n) is 7.93. The number of nitrogens with one attached hydrogen (secondary N) is 2. The van der Waals surface area contributed by atoms with Crippen LogP contribution in [0.2, 0.25) is 5.02 Å². The molecule has 0 atom stereocenters. The zero-order valence-electron chi connectivity index (χ0n) is 15.7. The van der Waals surface area contributed by atoms with Gasteiger partial charge in [-0.3, -0.25) is 9.59 Å². The molecule has 3 N–H and O–H groups in total. The van der Waals surface area contributed by atoms with Gasteiger partial charge in [0, 0.05) is 38.2 Å². The maximum absolute atomic E-state index is 12.7. The quantitative estimate of drug-likeness (QED) is 0.709. The van der Waals surface area contributed by atoms with Crippen LogP contribution in [0.4, 0.5) is 5.69 Å². The molecule has 0 unspecified atom stereocenters. The zero-order chi connectivity index (χ0) is 20.2. The van der Waals surface area contributed by atoms with E-state index in [2.05, 4.69) is 10.6 Å². The number of aliphatic carboxylic acids is 1. The third kappa shape index (κ3) is 5.68. The summed E-state index contributed by atoms with van der Waals surface area (Å²) in [6.07, 6.45) is 0.667. The second kappa shape index (κ2) is 8.27. The van der Waals surface area contributed by atoms with Crippen molar-refractivity contribution in [1.29, 1.82) is 0 Å². The molecule has 0 aliphatic carbocycles. The van der Waals surface area contributed by atoms with E-state index in [0.717, 1.165) is 0 Å². The average Bonchev–Trinajstić information content (AvgIpc) is 2.55. The molecule has 148 valence electrons. The largest absolute Gasteiger partial charge is 0.480 e. The van der Waals surface area contributed by atoms with Gasteiger partial charge < -0.3 is 20.5 Å². The minimum atomic E-state index is -1.38. The predicted octanol–water partition coefficient (Wildman–Crippen LogP) is 3.08. The Bertz CT molecular complexity index is 736. The molecule has 7 nitrogen and oxygen atoms in total. The molecule has 0 aromatic heterocycles. The fraction of sp³-hybridized carbons (Fsp3) is 0.526. The molecule has 0 bridgehead atoms. The van der Waals surface area contributed by atoms with E-state index in [9.17, 15) is 19.5 Å². The third-order valence-corrected chi connectivity index (χ3v) is 4.62. The summed E-state index contributed by atoms with van der Waals surface area (Å²) >= 11 is 6.13. The number of benzene rings is 1. The molecule has 2 amide bonds. The normalized spacial score (nSPS) is 16.4. The van der Waals surface area contributed by atoms with Gasteiger partial charge in [-0.15, -0.1) is 0 Å². The number of hydrogen-bond donors (Lipinski definition) is 3. The Balaban J connectivity index is 2.18. The molecule has 1 aromatic carbocycles. The van der Waals surface area contributed by atoms with Crippen molar-refractivity contribution < 1.29 is 24.2 Å². The van der Waals surface area contributed by atoms with Crippen molar-refractivity contribution in [2.24, 2.45) is 5.41 Å². The number of ether oxygens (including phenoxy) is 1. The maximum atomic E-state index is 12.7. The first kappa shape index (κ1) is 21.2. The van der Waals surface area contributed by atoms with Crippen molar-refractivity contribution in [3.63, 3.8) is 0 Å². The van der Waals surface area contributed by atoms with Crippen LogP contribution in [0.3, 0.4) is 0 Å². The fourth-order valence-electron chi connectivity index (χ4n) is 2.86. The molecule has 1 fully saturated rings. The van der Waals surface area contributed by atoms with Crippen LogP contribution in [0.25, 0.3) is 0 Å². The molecule has 8 heteroatoms. The SMILES string of the molecule is CC(C)(C)CC(=O)Nc1ccc(Cl)c(C(=O)NC2(C(=O)O)CCOCC2)c1. The van der Waals surface area contributed by atoms with Gasteiger partial charge in [0.25, 0.3) is 5.91 Å². The van der Waals surface area contributed by atoms with Gasteiger partial charge in [0.15, 0.2) is 0 Å². The molecule has 1 saturated heterocycles. The third-order valence-electron chi connectivity index (χ3n) is 4.29. The first-order valence-corrected chi connectivity index (χ1v) is 9.13. The minimum absolute atomic E-state index is 0.109. The van der Waals surface area contributed by atoms with Gasteiger partial charge in [-0.05, 0) is 23.6 Å². The van der Waals surface area contributed by atoms with E-state index in [4.69, 9.17) is 16.3 Å². The summed E-state index contributed by atoms with van der Waals surface area (Å²) in [4.78, 5) is 36.5. The Labute approximate surface area is 163 Å². The van der Waals surface area contributed by atoms with Crippen molar-refractivity contribution in [2.75, 3.05) is 18.5 Å². The molecule has 1 aliphatic heterocycles. The van der Waals surface area contributed by atoms with E-state index in [-0.39, 0.29) is 48.0 Å². The molecule has 0 spiro atoms. The Morgan fingerprint density at radius 2 is 1.85 bits per heavy atom. The lowest BCUT2D eigenvalue weighted by Gasteiger charge is -2.34. The summed E-state index contributed by atoms with van der Waals surface area (Å²) in [5.41, 5.74) is -1.02. The molecule has 1 aliphatic rings. The maximum Gasteiger partial charge on any atom is 0.329 e. The number of hydrogen-bond acceptors (Lipinski definition) is 4. The molecular formula is C19H25ClN2O5. The van der Waals surface area contributed by atoms with Crippen LogP contribution >= 0.6 is 11.6 Å². The van der Waals surface area contributed by atoms with Crippen molar-refractivity contribution >= 4 is 35.1 Å². The van der Waals surface area contributed by atoms with Crippen LogP contribution in [0.1, 0.15) is 50.4 Å². The molecule has 2 rings (SSSR count). The summed E-state index contributed by atoms with van der Waals surface area (Å²) in [6.45, 7) is 6.36. The van der Waals surface area contributed by atoms with Crippen LogP contribution in [0, 0.1) is 5.41 Å². The zero-order valence-corrected chi connectivity index (χ0v) is 16.5. The van der Waals surface area contributed by atoms with Gasteiger partial charge in [-0.25, -0.2) is 4.79 Å². The molecule has 1 aromatic rings. The number of anilines is 1. The highest BCUT2D eigenvalue weighted by molar-refractivity contribution is 6.34. The second-order valence-corrected chi connectivity index (χ2v) is 8.34. The molecular weight excluding hydrogens is 372 g/mol. The van der Waals surface area contributed by atoms with Crippen LogP contribution in [0.15, 0.2) is 18.2 Å². The lowest BCUT2D eigenvalue weighted by molar-refractivity contribution is -0.148. The number of carbonyl (C=O) groups is 3. The molecule has 27 heavy (non-hydrogen) atoms. The molecule has 0 saturated carbocycles. The highest BCUT2D eigenvalue weighted by atomic mass is 35.5. The Morgan fingerprint density at radius 3 is 2.41 bits per heavy atom. The van der Waals surface area contributed by atoms with E-state index in [1.807, 2.05) is 20.8 Å². The average molecular weight is 397 g/mol. The monoisotopic (exact) mass is 396 g/mol. The Morgan fingerprint density at radius 1 is 1.22 bits per heavy atom. The highest BCUT2D eigenvalue weighted by Crippen LogP contribution is 2.26. The van der Waals surface area contributed by atoms with Crippen molar-refractivity contribution in [1.82, 2.24) is 5.32 Å². The number of carbonyl (C=O) groups excluding carboxylic acids is 2. The van der Waals surface area contributed by atoms with Crippen molar-refractivity contribution in [3.05, 3.63) is 28.8 Å². The number of carboxylic acid groups (broad SMARTS) is 1. The fourth-order valence-corrected chi connectivity index (χ4v) is 3.06. The van der Waals surface area contributed by atoms with E-state index in [1.54, 1.807) is 6.07 Å². The van der Waals surface area contributed by atoms with Crippen LogP contribution in [-0.4, -0.2) is 41.6 Å². The van der Waals surface area contributed by atoms with Crippen molar-refractivity contribution in [2.45, 2.75) is 45.6 Å². The van der Waals surface area contributed by atoms with Gasteiger partial charge in [0.1, 0.15) is 5.54 Å². The summed E-state index contributed by atoms with van der Waals surface area (Å²) < 4.78 is 5.20. The number of rotatable bonds is 5. The molecule has 0 radical (unpaired) electrons. The summed E-state index contributed by atoms with van der Waals surface area (Å²) in [5, 5.41) is 15.1. The summed E-state index contributed by atoms with van der Waals surface area (Å²) in [6, 6.07) is 4.55. The van der Waals surface area contributed by atoms with E-state index in [0.29, 0.717) is 12.1 Å². The minimum Gasteiger partial charge on any atom is -0.480 e. The van der Waals surface area contributed by atoms with Gasteiger partial charge in [-0.2, -0.15) is 0 Å². The number of carboxylic acids is 1. The number of amides is 2. The van der Waals surface area contributed by atoms with Gasteiger partial charge in [0.05, 0.1) is 10.6 Å². The van der Waals surface area contributed by atoms with Gasteiger partial charge in [-0.1, -0.05) is 32.4 Å². The van der Waals surface area contributed by atoms with Gasteiger partial charge in [0.2, 0.25) is 5.91 Å². The topological polar surface area (TPSA) is 105 Å². The first-order valence-electron chi connectivity index (χ1n) is 8.75. The van der Waals surface area contributed by atoms with Gasteiger partial charge >= 0.3 is 5.97 Å². The smallest absolute Gasteiger partial charge is 0.329 e. The van der Waals surface area contributed by atoms with Crippen LogP contribution in [-0.2, 0) is 14.3 Å². The van der Waals surface area contributed by atoms with E-state index in [1.165, 1.54) is 12.1 Å².